The van der Waals surface area contributed by atoms with Crippen LogP contribution in [0.15, 0.2) is 59.5 Å². The first-order chi connectivity index (χ1) is 12.2. The Morgan fingerprint density at radius 2 is 1.76 bits per heavy atom. The molecule has 0 aliphatic rings. The Labute approximate surface area is 167 Å². The third-order valence-electron chi connectivity index (χ3n) is 3.14. The Hall–Kier alpha value is -1.65. The minimum Gasteiger partial charge on any atom is -0.359 e. The van der Waals surface area contributed by atoms with Crippen molar-refractivity contribution >= 4 is 61.9 Å². The van der Waals surface area contributed by atoms with Crippen LogP contribution in [0.25, 0.3) is 0 Å². The van der Waals surface area contributed by atoms with E-state index in [2.05, 4.69) is 55.6 Å². The number of halogens is 1. The molecule has 3 aromatic rings. The van der Waals surface area contributed by atoms with E-state index in [0.29, 0.717) is 15.8 Å². The van der Waals surface area contributed by atoms with Crippen molar-refractivity contribution in [2.24, 2.45) is 0 Å². The highest BCUT2D eigenvalue weighted by Crippen LogP contribution is 2.21. The van der Waals surface area contributed by atoms with Gasteiger partial charge >= 0.3 is 0 Å². The van der Waals surface area contributed by atoms with E-state index in [4.69, 9.17) is 0 Å². The lowest BCUT2D eigenvalue weighted by Crippen LogP contribution is -2.11. The third-order valence-corrected chi connectivity index (χ3v) is 5.67. The van der Waals surface area contributed by atoms with Crippen LogP contribution >= 0.6 is 45.7 Å². The van der Waals surface area contributed by atoms with Crippen LogP contribution in [0.2, 0.25) is 0 Å². The third kappa shape index (κ3) is 5.68. The van der Waals surface area contributed by atoms with E-state index < -0.39 is 0 Å². The molecule has 0 aliphatic carbocycles. The molecule has 2 aromatic carbocycles. The number of thioether (sulfide) groups is 1. The second-order valence-electron chi connectivity index (χ2n) is 4.96. The van der Waals surface area contributed by atoms with Crippen LogP contribution < -0.4 is 10.6 Å². The van der Waals surface area contributed by atoms with Gasteiger partial charge in [-0.1, -0.05) is 29.5 Å². The summed E-state index contributed by atoms with van der Waals surface area (Å²) >= 11 is 5.31. The Kier molecular flexibility index (Phi) is 6.65. The Morgan fingerprint density at radius 3 is 2.52 bits per heavy atom. The zero-order valence-corrected chi connectivity index (χ0v) is 16.9. The monoisotopic (exact) mass is 482 g/mol. The molecule has 0 radical (unpaired) electrons. The molecule has 3 rings (SSSR count). The highest BCUT2D eigenvalue weighted by atomic mass is 127. The molecular weight excluding hydrogens is 467 g/mol. The molecule has 1 heterocycles. The fourth-order valence-electron chi connectivity index (χ4n) is 1.96. The largest absolute Gasteiger partial charge is 0.359 e. The van der Waals surface area contributed by atoms with Gasteiger partial charge in [-0.05, 0) is 59.0 Å². The summed E-state index contributed by atoms with van der Waals surface area (Å²) in [6.07, 6.45) is 0. The van der Waals surface area contributed by atoms with Gasteiger partial charge in [-0.2, -0.15) is 0 Å². The number of rotatable bonds is 7. The van der Waals surface area contributed by atoms with Gasteiger partial charge in [0.1, 0.15) is 0 Å². The number of carbonyl (C=O) groups excluding carboxylic acids is 1. The maximum absolute atomic E-state index is 12.2. The minimum absolute atomic E-state index is 0.182. The predicted octanol–water partition coefficient (Wildman–Crippen LogP) is 4.60. The lowest BCUT2D eigenvalue weighted by Gasteiger charge is -2.02. The van der Waals surface area contributed by atoms with Crippen LogP contribution in [-0.4, -0.2) is 28.4 Å². The number of carbonyl (C=O) groups is 1. The molecule has 8 heteroatoms. The molecule has 0 atom stereocenters. The normalized spacial score (nSPS) is 10.4. The summed E-state index contributed by atoms with van der Waals surface area (Å²) in [6, 6.07) is 17.6. The number of aromatic nitrogens is 2. The van der Waals surface area contributed by atoms with Crippen molar-refractivity contribution in [2.45, 2.75) is 4.90 Å². The van der Waals surface area contributed by atoms with Crippen molar-refractivity contribution in [2.75, 3.05) is 22.9 Å². The van der Waals surface area contributed by atoms with Gasteiger partial charge in [-0.25, -0.2) is 0 Å². The predicted molar refractivity (Wildman–Crippen MR) is 113 cm³/mol. The van der Waals surface area contributed by atoms with E-state index in [-0.39, 0.29) is 5.91 Å². The lowest BCUT2D eigenvalue weighted by atomic mass is 10.2. The number of nitrogens with one attached hydrogen (secondary N) is 2. The standard InChI is InChI=1S/C17H15IN4OS2/c18-13-8-6-12(7-9-13)15(23)20-17-22-21-16(25-17)19-10-11-24-14-4-2-1-3-5-14/h1-9H,10-11H2,(H,19,21)(H,20,22,23). The molecule has 0 fully saturated rings. The molecular formula is C17H15IN4OS2. The van der Waals surface area contributed by atoms with E-state index in [1.807, 2.05) is 30.3 Å². The van der Waals surface area contributed by atoms with Crippen molar-refractivity contribution in [3.63, 3.8) is 0 Å². The van der Waals surface area contributed by atoms with Gasteiger partial charge in [0, 0.05) is 26.3 Å². The summed E-state index contributed by atoms with van der Waals surface area (Å²) in [6.45, 7) is 0.777. The van der Waals surface area contributed by atoms with E-state index in [0.717, 1.165) is 15.9 Å². The average molecular weight is 482 g/mol. The van der Waals surface area contributed by atoms with Gasteiger partial charge in [-0.3, -0.25) is 10.1 Å². The first kappa shape index (κ1) is 18.2. The molecule has 0 bridgehead atoms. The number of hydrogen-bond donors (Lipinski definition) is 2. The van der Waals surface area contributed by atoms with E-state index in [1.54, 1.807) is 23.9 Å². The number of amides is 1. The van der Waals surface area contributed by atoms with Gasteiger partial charge < -0.3 is 5.32 Å². The SMILES string of the molecule is O=C(Nc1nnc(NCCSc2ccccc2)s1)c1ccc(I)cc1. The zero-order valence-electron chi connectivity index (χ0n) is 13.1. The summed E-state index contributed by atoms with van der Waals surface area (Å²) in [5.41, 5.74) is 0.601. The molecule has 1 amide bonds. The van der Waals surface area contributed by atoms with Gasteiger partial charge in [0.2, 0.25) is 10.3 Å². The molecule has 0 spiro atoms. The van der Waals surface area contributed by atoms with Gasteiger partial charge in [-0.15, -0.1) is 22.0 Å². The molecule has 0 saturated heterocycles. The van der Waals surface area contributed by atoms with E-state index in [1.165, 1.54) is 16.2 Å². The summed E-state index contributed by atoms with van der Waals surface area (Å²) in [7, 11) is 0. The first-order valence-corrected chi connectivity index (χ1v) is 10.4. The number of hydrogen-bond acceptors (Lipinski definition) is 6. The molecule has 0 unspecified atom stereocenters. The Bertz CT molecular complexity index is 824. The van der Waals surface area contributed by atoms with Crippen molar-refractivity contribution in [3.05, 3.63) is 63.7 Å². The molecule has 5 nitrogen and oxygen atoms in total. The highest BCUT2D eigenvalue weighted by molar-refractivity contribution is 14.1. The molecule has 2 N–H and O–H groups in total. The van der Waals surface area contributed by atoms with Crippen molar-refractivity contribution in [3.8, 4) is 0 Å². The summed E-state index contributed by atoms with van der Waals surface area (Å²) in [4.78, 5) is 13.4. The highest BCUT2D eigenvalue weighted by Gasteiger charge is 2.10. The fraction of sp³-hybridized carbons (Fsp3) is 0.118. The van der Waals surface area contributed by atoms with Gasteiger partial charge in [0.15, 0.2) is 0 Å². The average Bonchev–Trinajstić information content (AvgIpc) is 3.07. The molecule has 0 saturated carbocycles. The van der Waals surface area contributed by atoms with Gasteiger partial charge in [0.25, 0.3) is 5.91 Å². The smallest absolute Gasteiger partial charge is 0.257 e. The maximum Gasteiger partial charge on any atom is 0.257 e. The summed E-state index contributed by atoms with van der Waals surface area (Å²) in [5.74, 6) is 0.743. The first-order valence-electron chi connectivity index (χ1n) is 7.53. The van der Waals surface area contributed by atoms with Crippen LogP contribution in [0.1, 0.15) is 10.4 Å². The number of anilines is 2. The number of nitrogens with zero attached hydrogens (tertiary/aromatic N) is 2. The maximum atomic E-state index is 12.2. The van der Waals surface area contributed by atoms with Crippen LogP contribution in [0.4, 0.5) is 10.3 Å². The molecule has 1 aromatic heterocycles. The summed E-state index contributed by atoms with van der Waals surface area (Å²) in [5, 5.41) is 15.2. The second kappa shape index (κ2) is 9.16. The quantitative estimate of drug-likeness (QED) is 0.293. The Morgan fingerprint density at radius 1 is 1.04 bits per heavy atom. The van der Waals surface area contributed by atoms with Crippen LogP contribution in [0.5, 0.6) is 0 Å². The Balaban J connectivity index is 1.45. The van der Waals surface area contributed by atoms with Crippen LogP contribution in [-0.2, 0) is 0 Å². The zero-order chi connectivity index (χ0) is 17.5. The van der Waals surface area contributed by atoms with Gasteiger partial charge in [0.05, 0.1) is 0 Å². The van der Waals surface area contributed by atoms with Crippen molar-refractivity contribution < 1.29 is 4.79 Å². The lowest BCUT2D eigenvalue weighted by molar-refractivity contribution is 0.102. The van der Waals surface area contributed by atoms with Crippen molar-refractivity contribution in [1.82, 2.24) is 10.2 Å². The molecule has 0 aliphatic heterocycles. The molecule has 128 valence electrons. The molecule has 25 heavy (non-hydrogen) atoms. The summed E-state index contributed by atoms with van der Waals surface area (Å²) < 4.78 is 1.09. The van der Waals surface area contributed by atoms with Crippen LogP contribution in [0, 0.1) is 3.57 Å². The second-order valence-corrected chi connectivity index (χ2v) is 8.35. The van der Waals surface area contributed by atoms with Crippen LogP contribution in [0.3, 0.4) is 0 Å². The van der Waals surface area contributed by atoms with E-state index in [9.17, 15) is 4.79 Å². The van der Waals surface area contributed by atoms with Crippen molar-refractivity contribution in [1.29, 1.82) is 0 Å². The van der Waals surface area contributed by atoms with E-state index >= 15 is 0 Å². The minimum atomic E-state index is -0.182. The fourth-order valence-corrected chi connectivity index (χ4v) is 3.77. The number of benzene rings is 2. The topological polar surface area (TPSA) is 66.9 Å².